The van der Waals surface area contributed by atoms with Crippen molar-refractivity contribution in [1.29, 1.82) is 0 Å². The van der Waals surface area contributed by atoms with Crippen LogP contribution >= 0.6 is 0 Å². The van der Waals surface area contributed by atoms with Gasteiger partial charge in [0.2, 0.25) is 17.7 Å². The van der Waals surface area contributed by atoms with E-state index >= 15 is 0 Å². The van der Waals surface area contributed by atoms with Crippen LogP contribution in [0.4, 0.5) is 11.4 Å². The minimum Gasteiger partial charge on any atom is -0.351 e. The fourth-order valence-electron chi connectivity index (χ4n) is 3.62. The lowest BCUT2D eigenvalue weighted by molar-refractivity contribution is -0.124. The predicted octanol–water partition coefficient (Wildman–Crippen LogP) is 1.91. The number of piperazine rings is 1. The van der Waals surface area contributed by atoms with Gasteiger partial charge in [0.15, 0.2) is 0 Å². The summed E-state index contributed by atoms with van der Waals surface area (Å²) < 4.78 is 0. The van der Waals surface area contributed by atoms with Gasteiger partial charge in [-0.3, -0.25) is 24.2 Å². The topological polar surface area (TPSA) is 93.8 Å². The summed E-state index contributed by atoms with van der Waals surface area (Å²) in [7, 11) is 0. The third-order valence-corrected chi connectivity index (χ3v) is 5.51. The van der Waals surface area contributed by atoms with E-state index < -0.39 is 0 Å². The second-order valence-corrected chi connectivity index (χ2v) is 8.00. The fourth-order valence-corrected chi connectivity index (χ4v) is 3.62. The number of hydrogen-bond acceptors (Lipinski definition) is 5. The van der Waals surface area contributed by atoms with Crippen LogP contribution in [-0.4, -0.2) is 66.3 Å². The second-order valence-electron chi connectivity index (χ2n) is 8.00. The third kappa shape index (κ3) is 7.18. The molecule has 8 heteroatoms. The molecule has 0 bridgehead atoms. The van der Waals surface area contributed by atoms with Crippen molar-refractivity contribution in [1.82, 2.24) is 15.1 Å². The number of hydrogen-bond donors (Lipinski definition) is 3. The molecule has 1 aliphatic heterocycles. The Labute approximate surface area is 189 Å². The van der Waals surface area contributed by atoms with E-state index in [-0.39, 0.29) is 23.8 Å². The van der Waals surface area contributed by atoms with Crippen LogP contribution in [0, 0.1) is 0 Å². The Kier molecular flexibility index (Phi) is 8.35. The maximum Gasteiger partial charge on any atom is 0.241 e. The third-order valence-electron chi connectivity index (χ3n) is 5.51. The van der Waals surface area contributed by atoms with E-state index in [2.05, 4.69) is 25.8 Å². The molecule has 1 aliphatic rings. The summed E-state index contributed by atoms with van der Waals surface area (Å²) in [5.74, 6) is -0.203. The van der Waals surface area contributed by atoms with Crippen LogP contribution in [0.1, 0.15) is 19.4 Å². The van der Waals surface area contributed by atoms with Gasteiger partial charge in [-0.1, -0.05) is 30.3 Å². The molecule has 3 rings (SSSR count). The zero-order valence-corrected chi connectivity index (χ0v) is 18.6. The smallest absolute Gasteiger partial charge is 0.241 e. The Bertz CT molecular complexity index is 909. The van der Waals surface area contributed by atoms with Crippen molar-refractivity contribution < 1.29 is 14.4 Å². The molecule has 1 fully saturated rings. The molecule has 0 radical (unpaired) electrons. The summed E-state index contributed by atoms with van der Waals surface area (Å²) in [5, 5.41) is 8.58. The SMILES string of the molecule is CC(=O)Nc1ccc(NC(=O)C(C)N2CCN(CC(=O)NCc3ccccc3)CC2)cc1. The maximum atomic E-state index is 12.7. The Morgan fingerprint density at radius 2 is 1.47 bits per heavy atom. The highest BCUT2D eigenvalue weighted by molar-refractivity contribution is 5.95. The summed E-state index contributed by atoms with van der Waals surface area (Å²) >= 11 is 0. The molecule has 2 aromatic carbocycles. The monoisotopic (exact) mass is 437 g/mol. The van der Waals surface area contributed by atoms with Gasteiger partial charge in [-0.2, -0.15) is 0 Å². The summed E-state index contributed by atoms with van der Waals surface area (Å²) in [6, 6.07) is 16.6. The van der Waals surface area contributed by atoms with Gasteiger partial charge in [0.25, 0.3) is 0 Å². The van der Waals surface area contributed by atoms with E-state index in [4.69, 9.17) is 0 Å². The lowest BCUT2D eigenvalue weighted by Crippen LogP contribution is -2.54. The molecule has 170 valence electrons. The number of nitrogens with zero attached hydrogens (tertiary/aromatic N) is 2. The zero-order valence-electron chi connectivity index (χ0n) is 18.6. The van der Waals surface area contributed by atoms with E-state index in [1.54, 1.807) is 24.3 Å². The number of rotatable bonds is 8. The molecule has 0 aliphatic carbocycles. The van der Waals surface area contributed by atoms with Gasteiger partial charge in [-0.15, -0.1) is 0 Å². The molecular weight excluding hydrogens is 406 g/mol. The van der Waals surface area contributed by atoms with Gasteiger partial charge in [0.05, 0.1) is 12.6 Å². The summed E-state index contributed by atoms with van der Waals surface area (Å²) in [5.41, 5.74) is 2.45. The fraction of sp³-hybridized carbons (Fsp3) is 0.375. The van der Waals surface area contributed by atoms with Crippen molar-refractivity contribution in [2.45, 2.75) is 26.4 Å². The largest absolute Gasteiger partial charge is 0.351 e. The second kappa shape index (κ2) is 11.4. The standard InChI is InChI=1S/C24H31N5O3/c1-18(24(32)27-22-10-8-21(9-11-22)26-19(2)30)29-14-12-28(13-15-29)17-23(31)25-16-20-6-4-3-5-7-20/h3-11,18H,12-17H2,1-2H3,(H,25,31)(H,26,30)(H,27,32). The number of carbonyl (C=O) groups excluding carboxylic acids is 3. The highest BCUT2D eigenvalue weighted by Crippen LogP contribution is 2.15. The number of anilines is 2. The Morgan fingerprint density at radius 3 is 2.06 bits per heavy atom. The molecule has 8 nitrogen and oxygen atoms in total. The summed E-state index contributed by atoms with van der Waals surface area (Å²) in [4.78, 5) is 40.2. The van der Waals surface area contributed by atoms with Crippen LogP contribution in [0.5, 0.6) is 0 Å². The molecule has 1 heterocycles. The van der Waals surface area contributed by atoms with Crippen LogP contribution in [-0.2, 0) is 20.9 Å². The first-order valence-electron chi connectivity index (χ1n) is 10.9. The predicted molar refractivity (Wildman–Crippen MR) is 125 cm³/mol. The van der Waals surface area contributed by atoms with E-state index in [9.17, 15) is 14.4 Å². The van der Waals surface area contributed by atoms with E-state index in [1.807, 2.05) is 37.3 Å². The van der Waals surface area contributed by atoms with Gasteiger partial charge in [0.1, 0.15) is 0 Å². The molecule has 1 unspecified atom stereocenters. The Morgan fingerprint density at radius 1 is 0.875 bits per heavy atom. The average Bonchev–Trinajstić information content (AvgIpc) is 2.79. The van der Waals surface area contributed by atoms with Gasteiger partial charge in [-0.05, 0) is 36.8 Å². The normalized spacial score (nSPS) is 15.6. The van der Waals surface area contributed by atoms with Gasteiger partial charge >= 0.3 is 0 Å². The van der Waals surface area contributed by atoms with Crippen molar-refractivity contribution in [3.63, 3.8) is 0 Å². The van der Waals surface area contributed by atoms with Crippen molar-refractivity contribution in [2.24, 2.45) is 0 Å². The van der Waals surface area contributed by atoms with Crippen molar-refractivity contribution in [3.8, 4) is 0 Å². The van der Waals surface area contributed by atoms with Crippen LogP contribution in [0.25, 0.3) is 0 Å². The Hall–Kier alpha value is -3.23. The first-order valence-corrected chi connectivity index (χ1v) is 10.9. The molecule has 32 heavy (non-hydrogen) atoms. The van der Waals surface area contributed by atoms with Gasteiger partial charge < -0.3 is 16.0 Å². The Balaban J connectivity index is 1.39. The zero-order chi connectivity index (χ0) is 22.9. The van der Waals surface area contributed by atoms with Crippen LogP contribution < -0.4 is 16.0 Å². The number of carbonyl (C=O) groups is 3. The van der Waals surface area contributed by atoms with Crippen molar-refractivity contribution >= 4 is 29.1 Å². The molecule has 0 spiro atoms. The minimum absolute atomic E-state index is 0.0100. The van der Waals surface area contributed by atoms with E-state index in [0.29, 0.717) is 24.5 Å². The quantitative estimate of drug-likeness (QED) is 0.587. The lowest BCUT2D eigenvalue weighted by atomic mass is 10.2. The number of nitrogens with one attached hydrogen (secondary N) is 3. The highest BCUT2D eigenvalue weighted by atomic mass is 16.2. The van der Waals surface area contributed by atoms with Crippen LogP contribution in [0.2, 0.25) is 0 Å². The van der Waals surface area contributed by atoms with Gasteiger partial charge in [0, 0.05) is 51.0 Å². The molecule has 1 atom stereocenters. The van der Waals surface area contributed by atoms with E-state index in [1.165, 1.54) is 6.92 Å². The molecular formula is C24H31N5O3. The molecule has 1 saturated heterocycles. The van der Waals surface area contributed by atoms with Crippen molar-refractivity contribution in [3.05, 3.63) is 60.2 Å². The molecule has 0 saturated carbocycles. The molecule has 3 amide bonds. The first kappa shape index (κ1) is 23.4. The van der Waals surface area contributed by atoms with Gasteiger partial charge in [-0.25, -0.2) is 0 Å². The van der Waals surface area contributed by atoms with Crippen LogP contribution in [0.3, 0.4) is 0 Å². The minimum atomic E-state index is -0.279. The van der Waals surface area contributed by atoms with Crippen molar-refractivity contribution in [2.75, 3.05) is 43.4 Å². The lowest BCUT2D eigenvalue weighted by Gasteiger charge is -2.37. The molecule has 0 aromatic heterocycles. The van der Waals surface area contributed by atoms with E-state index in [0.717, 1.165) is 31.7 Å². The molecule has 3 N–H and O–H groups in total. The number of amides is 3. The number of benzene rings is 2. The average molecular weight is 438 g/mol. The maximum absolute atomic E-state index is 12.7. The summed E-state index contributed by atoms with van der Waals surface area (Å²) in [6.45, 7) is 7.16. The molecule has 2 aromatic rings. The summed E-state index contributed by atoms with van der Waals surface area (Å²) in [6.07, 6.45) is 0. The first-order chi connectivity index (χ1) is 15.4. The van der Waals surface area contributed by atoms with Crippen LogP contribution in [0.15, 0.2) is 54.6 Å². The highest BCUT2D eigenvalue weighted by Gasteiger charge is 2.26.